The average molecular weight is 310 g/mol. The first-order valence-corrected chi connectivity index (χ1v) is 7.77. The van der Waals surface area contributed by atoms with Crippen LogP contribution >= 0.6 is 0 Å². The van der Waals surface area contributed by atoms with Gasteiger partial charge in [0.15, 0.2) is 0 Å². The third kappa shape index (κ3) is 8.43. The Bertz CT molecular complexity index is 474. The van der Waals surface area contributed by atoms with E-state index in [1.165, 1.54) is 0 Å². The van der Waals surface area contributed by atoms with Gasteiger partial charge in [-0.2, -0.15) is 0 Å². The fourth-order valence-corrected chi connectivity index (χ4v) is 1.96. The molecule has 0 aliphatic heterocycles. The lowest BCUT2D eigenvalue weighted by Crippen LogP contribution is -2.49. The number of carbonyl (C=O) groups excluding carboxylic acids is 1. The van der Waals surface area contributed by atoms with Crippen molar-refractivity contribution < 1.29 is 33.0 Å². The summed E-state index contributed by atoms with van der Waals surface area (Å²) in [6.07, 6.45) is 0.144. The standard InChI is InChI=1S/C10H18N2O7S/c1-20(18,19)5-4-6(11)9(15)12-7(10(16)17)2-3-8(13)14/h6-7H,2-5,11H2,1H3,(H,12,15)(H,13,14)(H,16,17)/t6?,7-/m0/s1. The first-order chi connectivity index (χ1) is 9.03. The fraction of sp³-hybridized carbons (Fsp3) is 0.700. The van der Waals surface area contributed by atoms with E-state index in [4.69, 9.17) is 15.9 Å². The van der Waals surface area contributed by atoms with Crippen molar-refractivity contribution in [3.05, 3.63) is 0 Å². The van der Waals surface area contributed by atoms with E-state index >= 15 is 0 Å². The molecule has 5 N–H and O–H groups in total. The molecule has 0 aliphatic carbocycles. The Hall–Kier alpha value is -1.68. The Morgan fingerprint density at radius 2 is 1.75 bits per heavy atom. The van der Waals surface area contributed by atoms with Crippen molar-refractivity contribution in [2.75, 3.05) is 12.0 Å². The maximum Gasteiger partial charge on any atom is 0.326 e. The number of hydrogen-bond acceptors (Lipinski definition) is 6. The van der Waals surface area contributed by atoms with Crippen LogP contribution in [-0.4, -0.2) is 60.6 Å². The van der Waals surface area contributed by atoms with Crippen LogP contribution in [0.3, 0.4) is 0 Å². The molecule has 0 spiro atoms. The van der Waals surface area contributed by atoms with Crippen molar-refractivity contribution >= 4 is 27.7 Å². The summed E-state index contributed by atoms with van der Waals surface area (Å²) in [5.41, 5.74) is 5.44. The van der Waals surface area contributed by atoms with Crippen LogP contribution in [0.2, 0.25) is 0 Å². The summed E-state index contributed by atoms with van der Waals surface area (Å²) in [5.74, 6) is -3.69. The highest BCUT2D eigenvalue weighted by atomic mass is 32.2. The summed E-state index contributed by atoms with van der Waals surface area (Å²) in [7, 11) is -3.27. The summed E-state index contributed by atoms with van der Waals surface area (Å²) in [6.45, 7) is 0. The second-order valence-electron chi connectivity index (χ2n) is 4.36. The van der Waals surface area contributed by atoms with Crippen LogP contribution in [0.1, 0.15) is 19.3 Å². The second-order valence-corrected chi connectivity index (χ2v) is 6.62. The van der Waals surface area contributed by atoms with Gasteiger partial charge >= 0.3 is 11.9 Å². The van der Waals surface area contributed by atoms with E-state index < -0.39 is 46.2 Å². The lowest BCUT2D eigenvalue weighted by Gasteiger charge is -2.17. The molecule has 0 radical (unpaired) electrons. The maximum absolute atomic E-state index is 11.6. The monoisotopic (exact) mass is 310 g/mol. The number of rotatable bonds is 9. The predicted molar refractivity (Wildman–Crippen MR) is 68.7 cm³/mol. The molecule has 0 heterocycles. The average Bonchev–Trinajstić information content (AvgIpc) is 2.29. The number of carbonyl (C=O) groups is 3. The van der Waals surface area contributed by atoms with Crippen molar-refractivity contribution in [1.29, 1.82) is 0 Å². The zero-order valence-electron chi connectivity index (χ0n) is 10.9. The highest BCUT2D eigenvalue weighted by Crippen LogP contribution is 2.00. The summed E-state index contributed by atoms with van der Waals surface area (Å²) < 4.78 is 21.8. The number of sulfone groups is 1. The number of amides is 1. The largest absolute Gasteiger partial charge is 0.481 e. The van der Waals surface area contributed by atoms with Gasteiger partial charge < -0.3 is 21.3 Å². The zero-order chi connectivity index (χ0) is 15.9. The molecule has 0 rings (SSSR count). The van der Waals surface area contributed by atoms with Crippen molar-refractivity contribution in [2.24, 2.45) is 5.73 Å². The molecule has 0 saturated carbocycles. The van der Waals surface area contributed by atoms with Gasteiger partial charge in [-0.15, -0.1) is 0 Å². The van der Waals surface area contributed by atoms with Gasteiger partial charge in [0.1, 0.15) is 15.9 Å². The van der Waals surface area contributed by atoms with Crippen molar-refractivity contribution in [1.82, 2.24) is 5.32 Å². The Morgan fingerprint density at radius 3 is 2.15 bits per heavy atom. The number of carboxylic acids is 2. The maximum atomic E-state index is 11.6. The van der Waals surface area contributed by atoms with Crippen molar-refractivity contribution in [3.8, 4) is 0 Å². The Morgan fingerprint density at radius 1 is 1.20 bits per heavy atom. The molecule has 0 aromatic heterocycles. The fourth-order valence-electron chi connectivity index (χ4n) is 1.28. The number of aliphatic carboxylic acids is 2. The second kappa shape index (κ2) is 7.80. The molecule has 0 aromatic rings. The van der Waals surface area contributed by atoms with Crippen LogP contribution in [0, 0.1) is 0 Å². The van der Waals surface area contributed by atoms with E-state index in [1.807, 2.05) is 0 Å². The molecule has 0 aromatic carbocycles. The Labute approximate surface area is 116 Å². The topological polar surface area (TPSA) is 164 Å². The van der Waals surface area contributed by atoms with E-state index in [9.17, 15) is 22.8 Å². The quantitative estimate of drug-likeness (QED) is 0.386. The molecule has 0 saturated heterocycles. The van der Waals surface area contributed by atoms with Crippen LogP contribution in [0.4, 0.5) is 0 Å². The summed E-state index contributed by atoms with van der Waals surface area (Å²) in [6, 6.07) is -2.54. The van der Waals surface area contributed by atoms with E-state index in [-0.39, 0.29) is 18.6 Å². The molecule has 116 valence electrons. The van der Waals surface area contributed by atoms with Gasteiger partial charge in [-0.25, -0.2) is 13.2 Å². The van der Waals surface area contributed by atoms with E-state index in [1.54, 1.807) is 0 Å². The Balaban J connectivity index is 4.44. The Kier molecular flexibility index (Phi) is 7.14. The van der Waals surface area contributed by atoms with Gasteiger partial charge in [-0.1, -0.05) is 0 Å². The molecule has 0 aliphatic rings. The van der Waals surface area contributed by atoms with Crippen molar-refractivity contribution in [3.63, 3.8) is 0 Å². The number of carboxylic acid groups (broad SMARTS) is 2. The normalized spacial score (nSPS) is 14.3. The van der Waals surface area contributed by atoms with Crippen molar-refractivity contribution in [2.45, 2.75) is 31.3 Å². The van der Waals surface area contributed by atoms with E-state index in [0.29, 0.717) is 0 Å². The van der Waals surface area contributed by atoms with Crippen LogP contribution in [0.15, 0.2) is 0 Å². The number of nitrogens with one attached hydrogen (secondary N) is 1. The summed E-state index contributed by atoms with van der Waals surface area (Å²) >= 11 is 0. The summed E-state index contributed by atoms with van der Waals surface area (Å²) in [4.78, 5) is 32.8. The predicted octanol–water partition coefficient (Wildman–Crippen LogP) is -1.82. The SMILES string of the molecule is CS(=O)(=O)CCC(N)C(=O)N[C@@H](CCC(=O)O)C(=O)O. The molecular weight excluding hydrogens is 292 g/mol. The number of hydrogen-bond donors (Lipinski definition) is 4. The van der Waals surface area contributed by atoms with E-state index in [2.05, 4.69) is 5.32 Å². The third-order valence-corrected chi connectivity index (χ3v) is 3.38. The lowest BCUT2D eigenvalue weighted by molar-refractivity contribution is -0.143. The first-order valence-electron chi connectivity index (χ1n) is 5.71. The lowest BCUT2D eigenvalue weighted by atomic mass is 10.1. The minimum absolute atomic E-state index is 0.143. The first kappa shape index (κ1) is 18.3. The van der Waals surface area contributed by atoms with Crippen LogP contribution in [0.5, 0.6) is 0 Å². The van der Waals surface area contributed by atoms with Gasteiger partial charge in [-0.3, -0.25) is 9.59 Å². The molecule has 1 amide bonds. The van der Waals surface area contributed by atoms with E-state index in [0.717, 1.165) is 6.26 Å². The molecular formula is C10H18N2O7S. The minimum atomic E-state index is -3.27. The number of nitrogens with two attached hydrogens (primary N) is 1. The van der Waals surface area contributed by atoms with Gasteiger partial charge in [0.2, 0.25) is 5.91 Å². The summed E-state index contributed by atoms with van der Waals surface area (Å²) in [5, 5.41) is 19.4. The zero-order valence-corrected chi connectivity index (χ0v) is 11.7. The minimum Gasteiger partial charge on any atom is -0.481 e. The highest BCUT2D eigenvalue weighted by Gasteiger charge is 2.24. The van der Waals surface area contributed by atoms with Crippen LogP contribution in [0.25, 0.3) is 0 Å². The van der Waals surface area contributed by atoms with Gasteiger partial charge in [0.25, 0.3) is 0 Å². The van der Waals surface area contributed by atoms with Crippen LogP contribution < -0.4 is 11.1 Å². The molecule has 0 bridgehead atoms. The van der Waals surface area contributed by atoms with Crippen LogP contribution in [-0.2, 0) is 24.2 Å². The molecule has 1 unspecified atom stereocenters. The smallest absolute Gasteiger partial charge is 0.326 e. The third-order valence-electron chi connectivity index (χ3n) is 2.40. The molecule has 20 heavy (non-hydrogen) atoms. The highest BCUT2D eigenvalue weighted by molar-refractivity contribution is 7.90. The van der Waals surface area contributed by atoms with Gasteiger partial charge in [0, 0.05) is 12.7 Å². The molecule has 10 heteroatoms. The molecule has 2 atom stereocenters. The molecule has 0 fully saturated rings. The molecule has 9 nitrogen and oxygen atoms in total. The van der Waals surface area contributed by atoms with Gasteiger partial charge in [0.05, 0.1) is 11.8 Å². The van der Waals surface area contributed by atoms with Gasteiger partial charge in [-0.05, 0) is 12.8 Å².